The molecule has 0 aliphatic carbocycles. The van der Waals surface area contributed by atoms with E-state index in [0.717, 1.165) is 17.7 Å². The van der Waals surface area contributed by atoms with E-state index in [9.17, 15) is 9.90 Å². The van der Waals surface area contributed by atoms with Crippen LogP contribution in [0, 0.1) is 19.3 Å². The molecule has 0 atom stereocenters. The highest BCUT2D eigenvalue weighted by Crippen LogP contribution is 2.35. The predicted molar refractivity (Wildman–Crippen MR) is 115 cm³/mol. The van der Waals surface area contributed by atoms with E-state index in [0.29, 0.717) is 12.2 Å². The van der Waals surface area contributed by atoms with E-state index in [4.69, 9.17) is 0 Å². The van der Waals surface area contributed by atoms with Gasteiger partial charge in [-0.25, -0.2) is 0 Å². The third-order valence-corrected chi connectivity index (χ3v) is 5.35. The number of hydrogen-bond acceptors (Lipinski definition) is 4. The molecule has 0 unspecified atom stereocenters. The molecule has 0 fully saturated rings. The largest absolute Gasteiger partial charge is 0.503 e. The van der Waals surface area contributed by atoms with E-state index < -0.39 is 0 Å². The fraction of sp³-hybridized carbons (Fsp3) is 0.435. The SMILES string of the molecule is Cc1ccc(-c2cn(CC(C)(C)CC(C)(C)n3ccc(=O)c(O)c3C)nn2)cc1. The second kappa shape index (κ2) is 7.50. The van der Waals surface area contributed by atoms with Crippen LogP contribution in [-0.2, 0) is 12.1 Å². The van der Waals surface area contributed by atoms with E-state index in [1.54, 1.807) is 13.1 Å². The molecule has 0 spiro atoms. The monoisotopic (exact) mass is 394 g/mol. The molecule has 1 N–H and O–H groups in total. The van der Waals surface area contributed by atoms with Crippen LogP contribution in [0.3, 0.4) is 0 Å². The van der Waals surface area contributed by atoms with Crippen molar-refractivity contribution in [3.05, 3.63) is 64.2 Å². The normalized spacial score (nSPS) is 12.3. The van der Waals surface area contributed by atoms with Crippen LogP contribution in [-0.4, -0.2) is 24.7 Å². The molecule has 0 amide bonds. The Morgan fingerprint density at radius 3 is 2.34 bits per heavy atom. The van der Waals surface area contributed by atoms with Crippen molar-refractivity contribution < 1.29 is 5.11 Å². The van der Waals surface area contributed by atoms with Crippen LogP contribution in [0.4, 0.5) is 0 Å². The zero-order valence-corrected chi connectivity index (χ0v) is 18.1. The van der Waals surface area contributed by atoms with Crippen molar-refractivity contribution in [2.24, 2.45) is 5.41 Å². The maximum absolute atomic E-state index is 11.7. The number of aromatic hydroxyl groups is 1. The lowest BCUT2D eigenvalue weighted by molar-refractivity contribution is 0.164. The van der Waals surface area contributed by atoms with E-state index in [-0.39, 0.29) is 22.1 Å². The third-order valence-electron chi connectivity index (χ3n) is 5.35. The van der Waals surface area contributed by atoms with Gasteiger partial charge < -0.3 is 9.67 Å². The van der Waals surface area contributed by atoms with Gasteiger partial charge in [0.25, 0.3) is 0 Å². The number of rotatable bonds is 6. The molecule has 2 heterocycles. The fourth-order valence-electron chi connectivity index (χ4n) is 4.26. The number of pyridine rings is 1. The van der Waals surface area contributed by atoms with E-state index in [2.05, 4.69) is 69.2 Å². The van der Waals surface area contributed by atoms with Gasteiger partial charge in [0.1, 0.15) is 5.69 Å². The van der Waals surface area contributed by atoms with Crippen LogP contribution in [0.2, 0.25) is 0 Å². The molecule has 2 aromatic heterocycles. The quantitative estimate of drug-likeness (QED) is 0.677. The van der Waals surface area contributed by atoms with Gasteiger partial charge in [-0.3, -0.25) is 9.48 Å². The fourth-order valence-corrected chi connectivity index (χ4v) is 4.26. The molecule has 6 heteroatoms. The highest BCUT2D eigenvalue weighted by Gasteiger charge is 2.32. The van der Waals surface area contributed by atoms with Gasteiger partial charge in [0.05, 0.1) is 11.9 Å². The standard InChI is InChI=1S/C23H30N4O2/c1-16-7-9-18(10-8-16)19-13-26(25-24-19)15-22(3,4)14-23(5,6)27-12-11-20(28)21(29)17(27)2/h7-13,29H,14-15H2,1-6H3. The minimum atomic E-state index is -0.347. The number of hydrogen-bond donors (Lipinski definition) is 1. The number of aryl methyl sites for hydroxylation is 1. The molecule has 0 saturated carbocycles. The van der Waals surface area contributed by atoms with Crippen LogP contribution < -0.4 is 5.43 Å². The van der Waals surface area contributed by atoms with Crippen LogP contribution in [0.15, 0.2) is 47.5 Å². The molecular formula is C23H30N4O2. The van der Waals surface area contributed by atoms with Gasteiger partial charge in [0.2, 0.25) is 5.43 Å². The second-order valence-corrected chi connectivity index (χ2v) is 9.30. The van der Waals surface area contributed by atoms with Gasteiger partial charge in [0, 0.05) is 29.9 Å². The average Bonchev–Trinajstić information content (AvgIpc) is 3.06. The predicted octanol–water partition coefficient (Wildman–Crippen LogP) is 4.28. The molecule has 6 nitrogen and oxygen atoms in total. The smallest absolute Gasteiger partial charge is 0.223 e. The van der Waals surface area contributed by atoms with Crippen molar-refractivity contribution in [2.75, 3.05) is 0 Å². The first-order chi connectivity index (χ1) is 13.5. The van der Waals surface area contributed by atoms with E-state index in [1.165, 1.54) is 11.6 Å². The lowest BCUT2D eigenvalue weighted by atomic mass is 9.79. The first kappa shape index (κ1) is 20.8. The molecule has 154 valence electrons. The third kappa shape index (κ3) is 4.58. The van der Waals surface area contributed by atoms with Crippen LogP contribution in [0.25, 0.3) is 11.3 Å². The van der Waals surface area contributed by atoms with Crippen molar-refractivity contribution in [3.8, 4) is 17.0 Å². The summed E-state index contributed by atoms with van der Waals surface area (Å²) in [6.45, 7) is 13.2. The Kier molecular flexibility index (Phi) is 5.39. The summed E-state index contributed by atoms with van der Waals surface area (Å²) in [5.74, 6) is -0.183. The zero-order chi connectivity index (χ0) is 21.4. The van der Waals surface area contributed by atoms with E-state index in [1.807, 2.05) is 15.4 Å². The Bertz CT molecular complexity index is 1060. The van der Waals surface area contributed by atoms with E-state index >= 15 is 0 Å². The minimum Gasteiger partial charge on any atom is -0.503 e. The van der Waals surface area contributed by atoms with Gasteiger partial charge in [-0.15, -0.1) is 5.10 Å². The zero-order valence-electron chi connectivity index (χ0n) is 18.1. The van der Waals surface area contributed by atoms with Gasteiger partial charge in [-0.1, -0.05) is 48.9 Å². The number of aromatic nitrogens is 4. The first-order valence-electron chi connectivity index (χ1n) is 9.87. The average molecular weight is 395 g/mol. The number of nitrogens with zero attached hydrogens (tertiary/aromatic N) is 4. The molecule has 29 heavy (non-hydrogen) atoms. The molecule has 0 aliphatic rings. The first-order valence-corrected chi connectivity index (χ1v) is 9.87. The summed E-state index contributed by atoms with van der Waals surface area (Å²) in [4.78, 5) is 11.7. The Hall–Kier alpha value is -2.89. The molecule has 0 bridgehead atoms. The Balaban J connectivity index is 1.78. The Morgan fingerprint density at radius 2 is 1.69 bits per heavy atom. The highest BCUT2D eigenvalue weighted by molar-refractivity contribution is 5.57. The van der Waals surface area contributed by atoms with Gasteiger partial charge in [-0.2, -0.15) is 0 Å². The molecule has 1 aromatic carbocycles. The molecule has 0 radical (unpaired) electrons. The van der Waals surface area contributed by atoms with Crippen molar-refractivity contribution in [2.45, 2.75) is 60.0 Å². The lowest BCUT2D eigenvalue weighted by Gasteiger charge is -2.38. The second-order valence-electron chi connectivity index (χ2n) is 9.30. The Morgan fingerprint density at radius 1 is 1.03 bits per heavy atom. The summed E-state index contributed by atoms with van der Waals surface area (Å²) in [6, 6.07) is 9.68. The summed E-state index contributed by atoms with van der Waals surface area (Å²) in [7, 11) is 0. The summed E-state index contributed by atoms with van der Waals surface area (Å²) in [6.07, 6.45) is 4.57. The van der Waals surface area contributed by atoms with Crippen molar-refractivity contribution in [1.82, 2.24) is 19.6 Å². The Labute approximate surface area is 171 Å². The van der Waals surface area contributed by atoms with Crippen molar-refractivity contribution in [1.29, 1.82) is 0 Å². The van der Waals surface area contributed by atoms with Crippen LogP contribution in [0.5, 0.6) is 5.75 Å². The van der Waals surface area contributed by atoms with Crippen molar-refractivity contribution in [3.63, 3.8) is 0 Å². The van der Waals surface area contributed by atoms with Crippen LogP contribution >= 0.6 is 0 Å². The summed E-state index contributed by atoms with van der Waals surface area (Å²) in [5.41, 5.74) is 2.99. The summed E-state index contributed by atoms with van der Waals surface area (Å²) < 4.78 is 3.87. The lowest BCUT2D eigenvalue weighted by Crippen LogP contribution is -2.36. The highest BCUT2D eigenvalue weighted by atomic mass is 16.3. The van der Waals surface area contributed by atoms with Gasteiger partial charge in [-0.05, 0) is 39.5 Å². The summed E-state index contributed by atoms with van der Waals surface area (Å²) >= 11 is 0. The van der Waals surface area contributed by atoms with Gasteiger partial charge in [0.15, 0.2) is 5.75 Å². The number of benzene rings is 1. The molecule has 0 aliphatic heterocycles. The topological polar surface area (TPSA) is 72.9 Å². The molecule has 3 aromatic rings. The molecular weight excluding hydrogens is 364 g/mol. The van der Waals surface area contributed by atoms with Crippen LogP contribution in [0.1, 0.15) is 45.4 Å². The van der Waals surface area contributed by atoms with Crippen molar-refractivity contribution >= 4 is 0 Å². The minimum absolute atomic E-state index is 0.0903. The molecule has 0 saturated heterocycles. The maximum atomic E-state index is 11.7. The summed E-state index contributed by atoms with van der Waals surface area (Å²) in [5, 5.41) is 18.7. The maximum Gasteiger partial charge on any atom is 0.223 e. The molecule has 3 rings (SSSR count). The van der Waals surface area contributed by atoms with Gasteiger partial charge >= 0.3 is 0 Å².